The molecule has 0 atom stereocenters. The molecule has 2 amide bonds. The zero-order valence-electron chi connectivity index (χ0n) is 23.4. The van der Waals surface area contributed by atoms with E-state index in [-0.39, 0.29) is 23.1 Å². The van der Waals surface area contributed by atoms with Crippen LogP contribution in [-0.2, 0) is 26.0 Å². The standard InChI is InChI=1S/C32H31ClN4O5S/c1-24-10-16-30(17-11-24)43(40,41)37(28-9-5-8-27(33)20-28)22-31(38)36-35-21-26-12-14-29(15-13-26)42-23-32(39)34-19-18-25-6-3-2-4-7-25/h2-17,20-21H,18-19,22-23H2,1H3,(H,34,39)(H,36,38)/b35-21-. The van der Waals surface area contributed by atoms with E-state index in [0.29, 0.717) is 22.9 Å². The van der Waals surface area contributed by atoms with Crippen LogP contribution in [0.5, 0.6) is 5.75 Å². The minimum atomic E-state index is -4.07. The van der Waals surface area contributed by atoms with E-state index in [0.717, 1.165) is 21.9 Å². The summed E-state index contributed by atoms with van der Waals surface area (Å²) in [6.45, 7) is 1.73. The maximum Gasteiger partial charge on any atom is 0.264 e. The molecule has 0 aliphatic rings. The fourth-order valence-corrected chi connectivity index (χ4v) is 5.57. The number of rotatable bonds is 13. The van der Waals surface area contributed by atoms with E-state index in [1.807, 2.05) is 37.3 Å². The first-order chi connectivity index (χ1) is 20.7. The van der Waals surface area contributed by atoms with E-state index in [9.17, 15) is 18.0 Å². The number of benzene rings is 4. The minimum Gasteiger partial charge on any atom is -0.484 e. The van der Waals surface area contributed by atoms with Gasteiger partial charge in [0.15, 0.2) is 6.61 Å². The van der Waals surface area contributed by atoms with E-state index >= 15 is 0 Å². The van der Waals surface area contributed by atoms with Gasteiger partial charge >= 0.3 is 0 Å². The number of ether oxygens (including phenoxy) is 1. The van der Waals surface area contributed by atoms with E-state index in [1.165, 1.54) is 24.4 Å². The Morgan fingerprint density at radius 2 is 1.63 bits per heavy atom. The number of carbonyl (C=O) groups excluding carboxylic acids is 2. The molecule has 4 rings (SSSR count). The number of nitrogens with zero attached hydrogens (tertiary/aromatic N) is 2. The first kappa shape index (κ1) is 31.3. The summed E-state index contributed by atoms with van der Waals surface area (Å²) in [6, 6.07) is 29.3. The number of aryl methyl sites for hydroxylation is 1. The Bertz CT molecular complexity index is 1660. The molecule has 0 unspecified atom stereocenters. The number of halogens is 1. The first-order valence-electron chi connectivity index (χ1n) is 13.4. The molecule has 11 heteroatoms. The molecule has 9 nitrogen and oxygen atoms in total. The van der Waals surface area contributed by atoms with Crippen molar-refractivity contribution in [1.82, 2.24) is 10.7 Å². The first-order valence-corrected chi connectivity index (χ1v) is 15.2. The SMILES string of the molecule is Cc1ccc(S(=O)(=O)N(CC(=O)N/N=C\c2ccc(OCC(=O)NCCc3ccccc3)cc2)c2cccc(Cl)c2)cc1. The van der Waals surface area contributed by atoms with Crippen LogP contribution in [0.1, 0.15) is 16.7 Å². The van der Waals surface area contributed by atoms with Crippen LogP contribution in [0.25, 0.3) is 0 Å². The summed E-state index contributed by atoms with van der Waals surface area (Å²) in [5, 5.41) is 7.11. The maximum atomic E-state index is 13.5. The van der Waals surface area contributed by atoms with E-state index in [2.05, 4.69) is 15.8 Å². The van der Waals surface area contributed by atoms with Crippen LogP contribution in [0.4, 0.5) is 5.69 Å². The fourth-order valence-electron chi connectivity index (χ4n) is 3.97. The zero-order valence-corrected chi connectivity index (χ0v) is 25.0. The predicted octanol–water partition coefficient (Wildman–Crippen LogP) is 4.73. The molecule has 2 N–H and O–H groups in total. The lowest BCUT2D eigenvalue weighted by Crippen LogP contribution is -2.39. The quantitative estimate of drug-likeness (QED) is 0.166. The van der Waals surface area contributed by atoms with Crippen LogP contribution in [0.2, 0.25) is 5.02 Å². The third-order valence-corrected chi connectivity index (χ3v) is 8.25. The molecule has 0 radical (unpaired) electrons. The number of amides is 2. The second kappa shape index (κ2) is 15.0. The van der Waals surface area contributed by atoms with Crippen molar-refractivity contribution >= 4 is 45.3 Å². The number of hydrogen-bond acceptors (Lipinski definition) is 6. The van der Waals surface area contributed by atoms with E-state index in [1.54, 1.807) is 54.6 Å². The highest BCUT2D eigenvalue weighted by Crippen LogP contribution is 2.26. The summed E-state index contributed by atoms with van der Waals surface area (Å²) in [7, 11) is -4.07. The Balaban J connectivity index is 1.30. The van der Waals surface area contributed by atoms with Crippen LogP contribution in [-0.4, -0.2) is 46.1 Å². The maximum absolute atomic E-state index is 13.5. The number of sulfonamides is 1. The third-order valence-electron chi connectivity index (χ3n) is 6.22. The topological polar surface area (TPSA) is 117 Å². The molecule has 0 saturated heterocycles. The Hall–Kier alpha value is -4.67. The highest BCUT2D eigenvalue weighted by atomic mass is 35.5. The molecule has 0 saturated carbocycles. The summed E-state index contributed by atoms with van der Waals surface area (Å²) in [5.41, 5.74) is 5.31. The summed E-state index contributed by atoms with van der Waals surface area (Å²) < 4.78 is 33.4. The van der Waals surface area contributed by atoms with Crippen molar-refractivity contribution in [3.05, 3.63) is 125 Å². The van der Waals surface area contributed by atoms with Gasteiger partial charge in [-0.3, -0.25) is 13.9 Å². The molecule has 0 bridgehead atoms. The van der Waals surface area contributed by atoms with E-state index in [4.69, 9.17) is 16.3 Å². The number of nitrogens with one attached hydrogen (secondary N) is 2. The molecule has 0 heterocycles. The molecule has 222 valence electrons. The van der Waals surface area contributed by atoms with Crippen LogP contribution >= 0.6 is 11.6 Å². The average molecular weight is 619 g/mol. The van der Waals surface area contributed by atoms with Crippen molar-refractivity contribution in [2.75, 3.05) is 24.0 Å². The summed E-state index contributed by atoms with van der Waals surface area (Å²) in [6.07, 6.45) is 2.15. The lowest BCUT2D eigenvalue weighted by molar-refractivity contribution is -0.123. The minimum absolute atomic E-state index is 0.0429. The van der Waals surface area contributed by atoms with Gasteiger partial charge in [-0.15, -0.1) is 0 Å². The molecule has 0 aliphatic heterocycles. The molecule has 43 heavy (non-hydrogen) atoms. The lowest BCUT2D eigenvalue weighted by Gasteiger charge is -2.24. The van der Waals surface area contributed by atoms with Crippen molar-refractivity contribution in [2.45, 2.75) is 18.2 Å². The lowest BCUT2D eigenvalue weighted by atomic mass is 10.1. The average Bonchev–Trinajstić information content (AvgIpc) is 3.00. The zero-order chi connectivity index (χ0) is 30.7. The van der Waals surface area contributed by atoms with Crippen LogP contribution < -0.4 is 19.8 Å². The van der Waals surface area contributed by atoms with Crippen molar-refractivity contribution in [3.63, 3.8) is 0 Å². The monoisotopic (exact) mass is 618 g/mol. The van der Waals surface area contributed by atoms with Gasteiger partial charge in [0.1, 0.15) is 12.3 Å². The Labute approximate surface area is 256 Å². The van der Waals surface area contributed by atoms with Crippen molar-refractivity contribution in [3.8, 4) is 5.75 Å². The second-order valence-corrected chi connectivity index (χ2v) is 11.8. The smallest absolute Gasteiger partial charge is 0.264 e. The van der Waals surface area contributed by atoms with Gasteiger partial charge in [0, 0.05) is 11.6 Å². The van der Waals surface area contributed by atoms with Gasteiger partial charge in [0.2, 0.25) is 0 Å². The highest BCUT2D eigenvalue weighted by molar-refractivity contribution is 7.92. The molecule has 0 fully saturated rings. The fraction of sp³-hybridized carbons (Fsp3) is 0.156. The molecule has 0 aliphatic carbocycles. The van der Waals surface area contributed by atoms with Gasteiger partial charge in [-0.1, -0.05) is 65.7 Å². The molecular weight excluding hydrogens is 588 g/mol. The van der Waals surface area contributed by atoms with Gasteiger partial charge in [-0.25, -0.2) is 13.8 Å². The van der Waals surface area contributed by atoms with Crippen LogP contribution in [0, 0.1) is 6.92 Å². The number of anilines is 1. The second-order valence-electron chi connectivity index (χ2n) is 9.54. The van der Waals surface area contributed by atoms with Crippen LogP contribution in [0.3, 0.4) is 0 Å². The number of carbonyl (C=O) groups is 2. The Morgan fingerprint density at radius 3 is 2.33 bits per heavy atom. The van der Waals surface area contributed by atoms with Crippen LogP contribution in [0.15, 0.2) is 113 Å². The van der Waals surface area contributed by atoms with Gasteiger partial charge < -0.3 is 10.1 Å². The Kier molecular flexibility index (Phi) is 10.9. The van der Waals surface area contributed by atoms with Gasteiger partial charge in [-0.05, 0) is 79.1 Å². The molecule has 4 aromatic rings. The normalized spacial score (nSPS) is 11.2. The van der Waals surface area contributed by atoms with Gasteiger partial charge in [-0.2, -0.15) is 5.10 Å². The summed E-state index contributed by atoms with van der Waals surface area (Å²) in [5.74, 6) is -0.372. The van der Waals surface area contributed by atoms with Crippen molar-refractivity contribution < 1.29 is 22.7 Å². The number of hydrogen-bond donors (Lipinski definition) is 2. The van der Waals surface area contributed by atoms with Gasteiger partial charge in [0.25, 0.3) is 21.8 Å². The van der Waals surface area contributed by atoms with E-state index < -0.39 is 22.5 Å². The summed E-state index contributed by atoms with van der Waals surface area (Å²) >= 11 is 6.11. The van der Waals surface area contributed by atoms with Crippen molar-refractivity contribution in [1.29, 1.82) is 0 Å². The highest BCUT2D eigenvalue weighted by Gasteiger charge is 2.27. The van der Waals surface area contributed by atoms with Gasteiger partial charge in [0.05, 0.1) is 16.8 Å². The molecule has 0 aromatic heterocycles. The largest absolute Gasteiger partial charge is 0.484 e. The van der Waals surface area contributed by atoms with Crippen molar-refractivity contribution in [2.24, 2.45) is 5.10 Å². The summed E-state index contributed by atoms with van der Waals surface area (Å²) in [4.78, 5) is 24.9. The predicted molar refractivity (Wildman–Crippen MR) is 168 cm³/mol. The molecule has 0 spiro atoms. The number of hydrazone groups is 1. The third kappa shape index (κ3) is 9.42. The Morgan fingerprint density at radius 1 is 0.907 bits per heavy atom. The molecule has 4 aromatic carbocycles. The molecular formula is C32H31ClN4O5S.